The highest BCUT2D eigenvalue weighted by atomic mass is 35.5. The maximum absolute atomic E-state index is 13.2. The second kappa shape index (κ2) is 7.43. The van der Waals surface area contributed by atoms with Gasteiger partial charge in [0.1, 0.15) is 0 Å². The van der Waals surface area contributed by atoms with Crippen molar-refractivity contribution in [2.45, 2.75) is 9.35 Å². The Bertz CT molecular complexity index is 948. The van der Waals surface area contributed by atoms with Crippen molar-refractivity contribution >= 4 is 49.9 Å². The normalized spacial score (nSPS) is 13.3. The summed E-state index contributed by atoms with van der Waals surface area (Å²) >= 11 is 12.6. The van der Waals surface area contributed by atoms with Crippen LogP contribution in [0.5, 0.6) is 0 Å². The van der Waals surface area contributed by atoms with Crippen LogP contribution in [0.2, 0.25) is 0 Å². The Labute approximate surface area is 158 Å². The molecular formula is C19H16ClO2PS2. The Morgan fingerprint density at radius 3 is 1.48 bits per heavy atom. The van der Waals surface area contributed by atoms with Crippen molar-refractivity contribution in [3.8, 4) is 0 Å². The SMILES string of the molecule is O=S(=O)(c1ccccc1)[C@H](Cl)P(=S)(c1ccccc1)c1ccccc1. The predicted octanol–water partition coefficient (Wildman–Crippen LogP) is 4.11. The van der Waals surface area contributed by atoms with Gasteiger partial charge in [-0.2, -0.15) is 0 Å². The highest BCUT2D eigenvalue weighted by molar-refractivity contribution is 8.27. The topological polar surface area (TPSA) is 34.1 Å². The molecule has 1 atom stereocenters. The van der Waals surface area contributed by atoms with Gasteiger partial charge in [0.2, 0.25) is 9.84 Å². The molecule has 6 heteroatoms. The Kier molecular flexibility index (Phi) is 5.45. The summed E-state index contributed by atoms with van der Waals surface area (Å²) in [6.07, 6.45) is 0. The number of alkyl halides is 1. The summed E-state index contributed by atoms with van der Waals surface area (Å²) < 4.78 is 25.1. The number of sulfone groups is 1. The zero-order valence-corrected chi connectivity index (χ0v) is 16.5. The number of hydrogen-bond acceptors (Lipinski definition) is 3. The Balaban J connectivity index is 2.21. The number of hydrogen-bond donors (Lipinski definition) is 0. The first-order valence-corrected chi connectivity index (χ1v) is 12.5. The van der Waals surface area contributed by atoms with Gasteiger partial charge in [-0.3, -0.25) is 0 Å². The summed E-state index contributed by atoms with van der Waals surface area (Å²) in [5.74, 6) is 0. The lowest BCUT2D eigenvalue weighted by Gasteiger charge is -2.28. The fourth-order valence-electron chi connectivity index (χ4n) is 2.60. The van der Waals surface area contributed by atoms with E-state index in [9.17, 15) is 8.42 Å². The van der Waals surface area contributed by atoms with Crippen molar-refractivity contribution in [1.29, 1.82) is 0 Å². The van der Waals surface area contributed by atoms with Gasteiger partial charge >= 0.3 is 0 Å². The van der Waals surface area contributed by atoms with E-state index in [2.05, 4.69) is 0 Å². The molecule has 0 N–H and O–H groups in total. The fourth-order valence-corrected chi connectivity index (χ4v) is 10.8. The Morgan fingerprint density at radius 1 is 0.720 bits per heavy atom. The third kappa shape index (κ3) is 3.45. The van der Waals surface area contributed by atoms with Crippen LogP contribution in [0, 0.1) is 0 Å². The first kappa shape index (κ1) is 18.3. The van der Waals surface area contributed by atoms with Crippen LogP contribution in [0.1, 0.15) is 0 Å². The lowest BCUT2D eigenvalue weighted by molar-refractivity contribution is 0.599. The van der Waals surface area contributed by atoms with E-state index in [1.165, 1.54) is 0 Å². The minimum absolute atomic E-state index is 0.191. The average Bonchev–Trinajstić information content (AvgIpc) is 2.68. The summed E-state index contributed by atoms with van der Waals surface area (Å²) in [5, 5.41) is 1.58. The molecule has 128 valence electrons. The van der Waals surface area contributed by atoms with E-state index < -0.39 is 20.3 Å². The van der Waals surface area contributed by atoms with Gasteiger partial charge in [-0.25, -0.2) is 8.42 Å². The summed E-state index contributed by atoms with van der Waals surface area (Å²) in [4.78, 5) is 0.191. The lowest BCUT2D eigenvalue weighted by Crippen LogP contribution is -2.28. The van der Waals surface area contributed by atoms with Crippen LogP contribution in [0.4, 0.5) is 0 Å². The summed E-state index contributed by atoms with van der Waals surface area (Å²) in [6.45, 7) is 0. The Hall–Kier alpha value is -1.45. The van der Waals surface area contributed by atoms with Crippen molar-refractivity contribution in [3.05, 3.63) is 91.0 Å². The maximum atomic E-state index is 13.2. The first-order chi connectivity index (χ1) is 12.0. The van der Waals surface area contributed by atoms with Gasteiger partial charge in [-0.1, -0.05) is 102 Å². The molecule has 0 aromatic heterocycles. The molecule has 0 spiro atoms. The van der Waals surface area contributed by atoms with E-state index in [0.717, 1.165) is 10.6 Å². The van der Waals surface area contributed by atoms with Gasteiger partial charge in [0.15, 0.2) is 4.45 Å². The standard InChI is InChI=1S/C19H16ClO2PS2/c20-19(25(21,22)18-14-8-3-9-15-18)23(24,16-10-4-1-5-11-16)17-12-6-2-7-13-17/h1-15,19H/t19-/m1/s1. The molecule has 0 aliphatic carbocycles. The van der Waals surface area contributed by atoms with Gasteiger partial charge in [0.25, 0.3) is 0 Å². The van der Waals surface area contributed by atoms with Crippen molar-refractivity contribution in [1.82, 2.24) is 0 Å². The van der Waals surface area contributed by atoms with Gasteiger partial charge in [-0.05, 0) is 22.7 Å². The third-order valence-electron chi connectivity index (χ3n) is 3.89. The zero-order valence-electron chi connectivity index (χ0n) is 13.2. The minimum atomic E-state index is -3.78. The molecule has 25 heavy (non-hydrogen) atoms. The fraction of sp³-hybridized carbons (Fsp3) is 0.0526. The van der Waals surface area contributed by atoms with Crippen LogP contribution in [0.25, 0.3) is 0 Å². The molecule has 3 aromatic rings. The zero-order chi connectivity index (χ0) is 17.9. The quantitative estimate of drug-likeness (QED) is 0.472. The van der Waals surface area contributed by atoms with Crippen LogP contribution >= 0.6 is 17.6 Å². The van der Waals surface area contributed by atoms with Crippen LogP contribution in [-0.2, 0) is 21.6 Å². The van der Waals surface area contributed by atoms with E-state index in [1.807, 2.05) is 60.7 Å². The largest absolute Gasteiger partial charge is 0.222 e. The van der Waals surface area contributed by atoms with Gasteiger partial charge in [0.05, 0.1) is 4.90 Å². The van der Waals surface area contributed by atoms with E-state index in [0.29, 0.717) is 0 Å². The molecular weight excluding hydrogens is 391 g/mol. The van der Waals surface area contributed by atoms with E-state index in [-0.39, 0.29) is 4.90 Å². The van der Waals surface area contributed by atoms with Crippen molar-refractivity contribution in [3.63, 3.8) is 0 Å². The van der Waals surface area contributed by atoms with Gasteiger partial charge in [0, 0.05) is 6.04 Å². The minimum Gasteiger partial charge on any atom is -0.222 e. The van der Waals surface area contributed by atoms with Crippen LogP contribution < -0.4 is 10.6 Å². The van der Waals surface area contributed by atoms with Crippen LogP contribution in [0.3, 0.4) is 0 Å². The summed E-state index contributed by atoms with van der Waals surface area (Å²) in [7, 11) is -3.78. The molecule has 0 radical (unpaired) electrons. The molecule has 0 saturated heterocycles. The lowest BCUT2D eigenvalue weighted by atomic mass is 10.4. The van der Waals surface area contributed by atoms with Crippen molar-refractivity contribution in [2.75, 3.05) is 0 Å². The molecule has 0 bridgehead atoms. The molecule has 0 aliphatic heterocycles. The molecule has 0 heterocycles. The molecule has 0 amide bonds. The van der Waals surface area contributed by atoms with E-state index in [4.69, 9.17) is 23.4 Å². The number of benzene rings is 3. The molecule has 3 aromatic carbocycles. The summed E-state index contributed by atoms with van der Waals surface area (Å²) in [5.41, 5.74) is 0. The second-order valence-corrected chi connectivity index (χ2v) is 13.5. The molecule has 0 saturated carbocycles. The second-order valence-electron chi connectivity index (χ2n) is 5.48. The highest BCUT2D eigenvalue weighted by Gasteiger charge is 2.40. The first-order valence-electron chi connectivity index (χ1n) is 7.61. The molecule has 3 rings (SSSR count). The third-order valence-corrected chi connectivity index (χ3v) is 14.0. The molecule has 0 fully saturated rings. The van der Waals surface area contributed by atoms with E-state index in [1.54, 1.807) is 30.3 Å². The predicted molar refractivity (Wildman–Crippen MR) is 110 cm³/mol. The molecule has 0 unspecified atom stereocenters. The number of halogens is 1. The molecule has 0 aliphatic rings. The Morgan fingerprint density at radius 2 is 1.08 bits per heavy atom. The smallest absolute Gasteiger partial charge is 0.200 e. The van der Waals surface area contributed by atoms with Gasteiger partial charge in [-0.15, -0.1) is 0 Å². The van der Waals surface area contributed by atoms with Gasteiger partial charge < -0.3 is 0 Å². The van der Waals surface area contributed by atoms with Crippen LogP contribution in [0.15, 0.2) is 95.9 Å². The average molecular weight is 407 g/mol. The highest BCUT2D eigenvalue weighted by Crippen LogP contribution is 2.54. The maximum Gasteiger partial charge on any atom is 0.200 e. The van der Waals surface area contributed by atoms with Crippen molar-refractivity contribution < 1.29 is 8.42 Å². The van der Waals surface area contributed by atoms with Crippen LogP contribution in [-0.4, -0.2) is 12.9 Å². The van der Waals surface area contributed by atoms with E-state index >= 15 is 0 Å². The monoisotopic (exact) mass is 406 g/mol. The summed E-state index contributed by atoms with van der Waals surface area (Å²) in [6, 6.07) is 24.1. The molecule has 2 nitrogen and oxygen atoms in total. The number of rotatable bonds is 5. The van der Waals surface area contributed by atoms with Crippen molar-refractivity contribution in [2.24, 2.45) is 0 Å².